The fraction of sp³-hybridized carbons (Fsp3) is 0.538. The first kappa shape index (κ1) is 12.9. The third kappa shape index (κ3) is 3.69. The molecule has 1 fully saturated rings. The highest BCUT2D eigenvalue weighted by Crippen LogP contribution is 2.24. The first-order valence-electron chi connectivity index (χ1n) is 6.04. The zero-order chi connectivity index (χ0) is 12.3. The molecule has 0 saturated carbocycles. The third-order valence-corrected chi connectivity index (χ3v) is 3.87. The number of nitrogens with one attached hydrogen (secondary N) is 1. The predicted octanol–water partition coefficient (Wildman–Crippen LogP) is 2.34. The van der Waals surface area contributed by atoms with Gasteiger partial charge in [-0.05, 0) is 60.1 Å². The van der Waals surface area contributed by atoms with E-state index in [1.165, 1.54) is 24.9 Å². The molecule has 0 bridgehead atoms. The average Bonchev–Trinajstić information content (AvgIpc) is 2.31. The third-order valence-electron chi connectivity index (χ3n) is 3.23. The van der Waals surface area contributed by atoms with Crippen LogP contribution in [0.15, 0.2) is 22.7 Å². The molecule has 0 spiro atoms. The maximum atomic E-state index is 9.42. The van der Waals surface area contributed by atoms with Crippen LogP contribution in [-0.2, 0) is 6.54 Å². The van der Waals surface area contributed by atoms with Crippen LogP contribution in [0.4, 0.5) is 0 Å². The number of hydrogen-bond acceptors (Lipinski definition) is 3. The molecule has 0 amide bonds. The Morgan fingerprint density at radius 3 is 3.06 bits per heavy atom. The van der Waals surface area contributed by atoms with Gasteiger partial charge in [-0.25, -0.2) is 0 Å². The van der Waals surface area contributed by atoms with Gasteiger partial charge in [0.2, 0.25) is 0 Å². The predicted molar refractivity (Wildman–Crippen MR) is 73.2 cm³/mol. The van der Waals surface area contributed by atoms with Crippen LogP contribution in [0.3, 0.4) is 0 Å². The van der Waals surface area contributed by atoms with Crippen LogP contribution < -0.4 is 5.32 Å². The van der Waals surface area contributed by atoms with Crippen molar-refractivity contribution >= 4 is 15.9 Å². The summed E-state index contributed by atoms with van der Waals surface area (Å²) in [6, 6.07) is 6.24. The lowest BCUT2D eigenvalue weighted by molar-refractivity contribution is 0.226. The van der Waals surface area contributed by atoms with Gasteiger partial charge >= 0.3 is 0 Å². The minimum atomic E-state index is 0.297. The molecule has 0 aromatic heterocycles. The monoisotopic (exact) mass is 298 g/mol. The minimum absolute atomic E-state index is 0.297. The van der Waals surface area contributed by atoms with E-state index in [9.17, 15) is 5.11 Å². The highest BCUT2D eigenvalue weighted by Gasteiger charge is 2.16. The molecular formula is C13H19BrN2O. The lowest BCUT2D eigenvalue weighted by Crippen LogP contribution is -2.43. The van der Waals surface area contributed by atoms with Gasteiger partial charge in [0.1, 0.15) is 5.75 Å². The molecule has 0 radical (unpaired) electrons. The number of phenols is 1. The molecule has 1 atom stereocenters. The average molecular weight is 299 g/mol. The van der Waals surface area contributed by atoms with Gasteiger partial charge in [0, 0.05) is 19.1 Å². The second kappa shape index (κ2) is 5.85. The van der Waals surface area contributed by atoms with Crippen LogP contribution >= 0.6 is 15.9 Å². The van der Waals surface area contributed by atoms with Crippen LogP contribution in [0, 0.1) is 0 Å². The minimum Gasteiger partial charge on any atom is -0.507 e. The molecular weight excluding hydrogens is 280 g/mol. The summed E-state index contributed by atoms with van der Waals surface area (Å²) < 4.78 is 0.762. The van der Waals surface area contributed by atoms with E-state index in [2.05, 4.69) is 33.2 Å². The van der Waals surface area contributed by atoms with Gasteiger partial charge in [0.05, 0.1) is 4.47 Å². The molecule has 1 heterocycles. The maximum Gasteiger partial charge on any atom is 0.129 e. The largest absolute Gasteiger partial charge is 0.507 e. The molecule has 94 valence electrons. The topological polar surface area (TPSA) is 35.5 Å². The molecule has 4 heteroatoms. The lowest BCUT2D eigenvalue weighted by Gasteiger charge is -2.30. The summed E-state index contributed by atoms with van der Waals surface area (Å²) in [6.45, 7) is 3.19. The highest BCUT2D eigenvalue weighted by molar-refractivity contribution is 9.10. The van der Waals surface area contributed by atoms with Gasteiger partial charge < -0.3 is 15.3 Å². The first-order valence-corrected chi connectivity index (χ1v) is 6.84. The number of halogens is 1. The number of likely N-dealkylation sites (N-methyl/N-ethyl adjacent to an activating group) is 1. The van der Waals surface area contributed by atoms with Crippen molar-refractivity contribution in [3.63, 3.8) is 0 Å². The molecule has 3 nitrogen and oxygen atoms in total. The van der Waals surface area contributed by atoms with Gasteiger partial charge in [-0.2, -0.15) is 0 Å². The van der Waals surface area contributed by atoms with Crippen molar-refractivity contribution in [3.8, 4) is 5.75 Å². The van der Waals surface area contributed by atoms with E-state index in [1.54, 1.807) is 6.07 Å². The number of phenolic OH excluding ortho intramolecular Hbond substituents is 1. The molecule has 1 saturated heterocycles. The van der Waals surface area contributed by atoms with E-state index in [-0.39, 0.29) is 0 Å². The Morgan fingerprint density at radius 1 is 1.53 bits per heavy atom. The van der Waals surface area contributed by atoms with E-state index in [4.69, 9.17) is 0 Å². The summed E-state index contributed by atoms with van der Waals surface area (Å²) in [5.74, 6) is 0.297. The highest BCUT2D eigenvalue weighted by atomic mass is 79.9. The van der Waals surface area contributed by atoms with E-state index in [0.29, 0.717) is 11.8 Å². The van der Waals surface area contributed by atoms with Crippen LogP contribution in [0.5, 0.6) is 5.75 Å². The van der Waals surface area contributed by atoms with E-state index in [1.807, 2.05) is 12.1 Å². The lowest BCUT2D eigenvalue weighted by atomic mass is 10.1. The van der Waals surface area contributed by atoms with Crippen LogP contribution in [0.25, 0.3) is 0 Å². The molecule has 2 N–H and O–H groups in total. The van der Waals surface area contributed by atoms with Crippen molar-refractivity contribution in [1.29, 1.82) is 0 Å². The number of hydrogen-bond donors (Lipinski definition) is 2. The fourth-order valence-electron chi connectivity index (χ4n) is 2.26. The summed E-state index contributed by atoms with van der Waals surface area (Å²) in [7, 11) is 2.17. The van der Waals surface area contributed by atoms with Gasteiger partial charge in [-0.1, -0.05) is 6.07 Å². The number of aromatic hydroxyl groups is 1. The number of likely N-dealkylation sites (tertiary alicyclic amines) is 1. The van der Waals surface area contributed by atoms with E-state index >= 15 is 0 Å². The molecule has 1 aromatic carbocycles. The van der Waals surface area contributed by atoms with Crippen LogP contribution in [0.2, 0.25) is 0 Å². The van der Waals surface area contributed by atoms with Gasteiger partial charge in [0.15, 0.2) is 0 Å². The molecule has 1 aromatic rings. The summed E-state index contributed by atoms with van der Waals surface area (Å²) in [4.78, 5) is 2.37. The summed E-state index contributed by atoms with van der Waals surface area (Å²) in [5, 5.41) is 13.0. The van der Waals surface area contributed by atoms with Crippen molar-refractivity contribution in [2.75, 3.05) is 20.1 Å². The van der Waals surface area contributed by atoms with Crippen LogP contribution in [-0.4, -0.2) is 36.2 Å². The quantitative estimate of drug-likeness (QED) is 0.899. The van der Waals surface area contributed by atoms with Gasteiger partial charge in [0.25, 0.3) is 0 Å². The van der Waals surface area contributed by atoms with E-state index in [0.717, 1.165) is 17.6 Å². The smallest absolute Gasteiger partial charge is 0.129 e. The fourth-order valence-corrected chi connectivity index (χ4v) is 2.68. The van der Waals surface area contributed by atoms with Crippen molar-refractivity contribution in [2.24, 2.45) is 0 Å². The zero-order valence-electron chi connectivity index (χ0n) is 10.1. The Bertz CT molecular complexity index is 384. The maximum absolute atomic E-state index is 9.42. The van der Waals surface area contributed by atoms with Gasteiger partial charge in [-0.3, -0.25) is 0 Å². The SMILES string of the molecule is CN1CCCC(NCc2ccc(O)c(Br)c2)C1. The molecule has 0 aliphatic carbocycles. The van der Waals surface area contributed by atoms with Crippen molar-refractivity contribution < 1.29 is 5.11 Å². The molecule has 1 aliphatic rings. The molecule has 17 heavy (non-hydrogen) atoms. The van der Waals surface area contributed by atoms with Crippen molar-refractivity contribution in [3.05, 3.63) is 28.2 Å². The standard InChI is InChI=1S/C13H19BrN2O/c1-16-6-2-3-11(9-16)15-8-10-4-5-13(17)12(14)7-10/h4-5,7,11,15,17H,2-3,6,8-9H2,1H3. The molecule has 2 rings (SSSR count). The van der Waals surface area contributed by atoms with Crippen molar-refractivity contribution in [2.45, 2.75) is 25.4 Å². The normalized spacial score (nSPS) is 21.6. The Hall–Kier alpha value is -0.580. The molecule has 1 aliphatic heterocycles. The Kier molecular flexibility index (Phi) is 4.42. The van der Waals surface area contributed by atoms with Gasteiger partial charge in [-0.15, -0.1) is 0 Å². The first-order chi connectivity index (χ1) is 8.15. The van der Waals surface area contributed by atoms with E-state index < -0.39 is 0 Å². The number of rotatable bonds is 3. The molecule has 1 unspecified atom stereocenters. The van der Waals surface area contributed by atoms with Crippen molar-refractivity contribution in [1.82, 2.24) is 10.2 Å². The Labute approximate surface area is 111 Å². The number of nitrogens with zero attached hydrogens (tertiary/aromatic N) is 1. The number of piperidine rings is 1. The van der Waals surface area contributed by atoms with Crippen LogP contribution in [0.1, 0.15) is 18.4 Å². The zero-order valence-corrected chi connectivity index (χ0v) is 11.7. The Morgan fingerprint density at radius 2 is 2.35 bits per heavy atom. The second-order valence-corrected chi connectivity index (χ2v) is 5.62. The number of benzene rings is 1. The summed E-state index contributed by atoms with van der Waals surface area (Å²) in [6.07, 6.45) is 2.52. The summed E-state index contributed by atoms with van der Waals surface area (Å²) in [5.41, 5.74) is 1.20. The Balaban J connectivity index is 1.86. The second-order valence-electron chi connectivity index (χ2n) is 4.77. The summed E-state index contributed by atoms with van der Waals surface area (Å²) >= 11 is 3.34.